The molecule has 0 radical (unpaired) electrons. The van der Waals surface area contributed by atoms with E-state index >= 15 is 0 Å². The predicted molar refractivity (Wildman–Crippen MR) is 85.4 cm³/mol. The largest absolute Gasteiger partial charge is 0.390 e. The van der Waals surface area contributed by atoms with Gasteiger partial charge in [-0.2, -0.15) is 13.2 Å². The molecule has 3 nitrogen and oxygen atoms in total. The van der Waals surface area contributed by atoms with Crippen LogP contribution in [0.2, 0.25) is 0 Å². The number of guanidine groups is 1. The molecule has 0 aromatic heterocycles. The third kappa shape index (κ3) is 7.23. The normalized spacial score (nSPS) is 13.3. The molecule has 2 N–H and O–H groups in total. The lowest BCUT2D eigenvalue weighted by atomic mass is 10.1. The van der Waals surface area contributed by atoms with Crippen LogP contribution in [-0.4, -0.2) is 25.7 Å². The standard InChI is InChI=1S/C13H16F5N3.HI/c1-8(10-4-3-9(14)7-11(10)15)21-12(19-2)20-6-5-13(16,17)18;/h3-4,7-8H,5-6H2,1-2H3,(H2,19,20,21);1H. The topological polar surface area (TPSA) is 36.4 Å². The van der Waals surface area contributed by atoms with Gasteiger partial charge in [-0.25, -0.2) is 8.78 Å². The molecule has 0 bridgehead atoms. The number of nitrogens with zero attached hydrogens (tertiary/aromatic N) is 1. The Hall–Kier alpha value is -1.13. The molecule has 9 heteroatoms. The van der Waals surface area contributed by atoms with E-state index in [1.165, 1.54) is 13.1 Å². The summed E-state index contributed by atoms with van der Waals surface area (Å²) in [6.07, 6.45) is -5.27. The quantitative estimate of drug-likeness (QED) is 0.326. The molecule has 1 unspecified atom stereocenters. The van der Waals surface area contributed by atoms with Crippen LogP contribution in [0.4, 0.5) is 22.0 Å². The molecule has 0 aliphatic heterocycles. The van der Waals surface area contributed by atoms with Crippen LogP contribution < -0.4 is 10.6 Å². The van der Waals surface area contributed by atoms with E-state index in [0.29, 0.717) is 0 Å². The van der Waals surface area contributed by atoms with Crippen LogP contribution in [-0.2, 0) is 0 Å². The van der Waals surface area contributed by atoms with Gasteiger partial charge in [0.25, 0.3) is 0 Å². The van der Waals surface area contributed by atoms with Gasteiger partial charge in [0.1, 0.15) is 11.6 Å². The molecule has 1 aromatic rings. The highest BCUT2D eigenvalue weighted by Crippen LogP contribution is 2.19. The molecule has 22 heavy (non-hydrogen) atoms. The molecule has 0 saturated heterocycles. The summed E-state index contributed by atoms with van der Waals surface area (Å²) in [5.74, 6) is -1.33. The van der Waals surface area contributed by atoms with E-state index in [1.54, 1.807) is 6.92 Å². The van der Waals surface area contributed by atoms with Crippen molar-refractivity contribution in [1.29, 1.82) is 0 Å². The van der Waals surface area contributed by atoms with Crippen LogP contribution in [0.3, 0.4) is 0 Å². The number of alkyl halides is 3. The lowest BCUT2D eigenvalue weighted by Crippen LogP contribution is -2.40. The molecular formula is C13H17F5IN3. The average Bonchev–Trinajstić information content (AvgIpc) is 2.35. The fourth-order valence-corrected chi connectivity index (χ4v) is 1.65. The second kappa shape index (κ2) is 9.11. The highest BCUT2D eigenvalue weighted by molar-refractivity contribution is 14.0. The van der Waals surface area contributed by atoms with E-state index in [0.717, 1.165) is 12.1 Å². The minimum absolute atomic E-state index is 0. The van der Waals surface area contributed by atoms with E-state index in [1.807, 2.05) is 0 Å². The van der Waals surface area contributed by atoms with Crippen molar-refractivity contribution in [1.82, 2.24) is 10.6 Å². The van der Waals surface area contributed by atoms with Crippen molar-refractivity contribution in [3.8, 4) is 0 Å². The van der Waals surface area contributed by atoms with Crippen molar-refractivity contribution in [2.24, 2.45) is 4.99 Å². The Kier molecular flexibility index (Phi) is 8.64. The molecule has 1 rings (SSSR count). The lowest BCUT2D eigenvalue weighted by Gasteiger charge is -2.19. The smallest absolute Gasteiger partial charge is 0.356 e. The summed E-state index contributed by atoms with van der Waals surface area (Å²) >= 11 is 0. The number of rotatable bonds is 4. The summed E-state index contributed by atoms with van der Waals surface area (Å²) in [6.45, 7) is 1.24. The van der Waals surface area contributed by atoms with Crippen LogP contribution in [0.15, 0.2) is 23.2 Å². The van der Waals surface area contributed by atoms with Gasteiger partial charge in [0.05, 0.1) is 12.5 Å². The Morgan fingerprint density at radius 1 is 1.27 bits per heavy atom. The molecule has 0 aliphatic carbocycles. The molecular weight excluding hydrogens is 420 g/mol. The van der Waals surface area contributed by atoms with Gasteiger partial charge >= 0.3 is 6.18 Å². The fourth-order valence-electron chi connectivity index (χ4n) is 1.65. The SMILES string of the molecule is CN=C(NCCC(F)(F)F)NC(C)c1ccc(F)cc1F.I. The van der Waals surface area contributed by atoms with Gasteiger partial charge in [-0.05, 0) is 13.0 Å². The second-order valence-electron chi connectivity index (χ2n) is 4.40. The number of nitrogens with one attached hydrogen (secondary N) is 2. The second-order valence-corrected chi connectivity index (χ2v) is 4.40. The summed E-state index contributed by atoms with van der Waals surface area (Å²) in [6, 6.07) is 2.54. The Bertz CT molecular complexity index is 505. The van der Waals surface area contributed by atoms with Crippen LogP contribution in [0.5, 0.6) is 0 Å². The first-order valence-corrected chi connectivity index (χ1v) is 6.22. The van der Waals surface area contributed by atoms with E-state index < -0.39 is 30.3 Å². The summed E-state index contributed by atoms with van der Waals surface area (Å²) in [5.41, 5.74) is 0.190. The Morgan fingerprint density at radius 2 is 1.91 bits per heavy atom. The van der Waals surface area contributed by atoms with Gasteiger partial charge in [0.15, 0.2) is 5.96 Å². The average molecular weight is 437 g/mol. The zero-order valence-corrected chi connectivity index (χ0v) is 14.3. The number of hydrogen-bond acceptors (Lipinski definition) is 1. The highest BCUT2D eigenvalue weighted by atomic mass is 127. The fraction of sp³-hybridized carbons (Fsp3) is 0.462. The van der Waals surface area contributed by atoms with Gasteiger partial charge in [0.2, 0.25) is 0 Å². The first kappa shape index (κ1) is 20.9. The maximum atomic E-state index is 13.6. The van der Waals surface area contributed by atoms with Crippen molar-refractivity contribution in [3.05, 3.63) is 35.4 Å². The van der Waals surface area contributed by atoms with Gasteiger partial charge in [-0.3, -0.25) is 4.99 Å². The van der Waals surface area contributed by atoms with Crippen LogP contribution in [0.1, 0.15) is 24.9 Å². The van der Waals surface area contributed by atoms with Crippen molar-refractivity contribution in [3.63, 3.8) is 0 Å². The van der Waals surface area contributed by atoms with Gasteiger partial charge in [-0.15, -0.1) is 24.0 Å². The number of aliphatic imine (C=N–C) groups is 1. The molecule has 126 valence electrons. The van der Waals surface area contributed by atoms with Crippen molar-refractivity contribution >= 4 is 29.9 Å². The Labute approximate surface area is 142 Å². The van der Waals surface area contributed by atoms with Crippen molar-refractivity contribution in [2.45, 2.75) is 25.6 Å². The van der Waals surface area contributed by atoms with E-state index in [9.17, 15) is 22.0 Å². The Morgan fingerprint density at radius 3 is 2.41 bits per heavy atom. The maximum absolute atomic E-state index is 13.6. The third-order valence-corrected chi connectivity index (χ3v) is 2.71. The highest BCUT2D eigenvalue weighted by Gasteiger charge is 2.26. The van der Waals surface area contributed by atoms with Crippen molar-refractivity contribution in [2.75, 3.05) is 13.6 Å². The maximum Gasteiger partial charge on any atom is 0.390 e. The van der Waals surface area contributed by atoms with Gasteiger partial charge in [0, 0.05) is 25.2 Å². The predicted octanol–water partition coefficient (Wildman–Crippen LogP) is 3.76. The molecule has 0 amide bonds. The van der Waals surface area contributed by atoms with Gasteiger partial charge in [-0.1, -0.05) is 6.07 Å². The van der Waals surface area contributed by atoms with E-state index in [4.69, 9.17) is 0 Å². The monoisotopic (exact) mass is 437 g/mol. The van der Waals surface area contributed by atoms with Gasteiger partial charge < -0.3 is 10.6 Å². The minimum Gasteiger partial charge on any atom is -0.356 e. The molecule has 0 heterocycles. The molecule has 0 aliphatic rings. The van der Waals surface area contributed by atoms with E-state index in [2.05, 4.69) is 15.6 Å². The first-order valence-electron chi connectivity index (χ1n) is 6.22. The third-order valence-electron chi connectivity index (χ3n) is 2.71. The van der Waals surface area contributed by atoms with Crippen LogP contribution >= 0.6 is 24.0 Å². The summed E-state index contributed by atoms with van der Waals surface area (Å²) in [4.78, 5) is 3.75. The Balaban J connectivity index is 0.00000441. The van der Waals surface area contributed by atoms with E-state index in [-0.39, 0.29) is 42.0 Å². The number of benzene rings is 1. The molecule has 0 saturated carbocycles. The zero-order valence-electron chi connectivity index (χ0n) is 12.0. The zero-order chi connectivity index (χ0) is 16.0. The number of halogens is 6. The molecule has 0 fully saturated rings. The molecule has 1 aromatic carbocycles. The molecule has 0 spiro atoms. The van der Waals surface area contributed by atoms with Crippen LogP contribution in [0.25, 0.3) is 0 Å². The minimum atomic E-state index is -4.26. The van der Waals surface area contributed by atoms with Crippen molar-refractivity contribution < 1.29 is 22.0 Å². The lowest BCUT2D eigenvalue weighted by molar-refractivity contribution is -0.132. The first-order chi connectivity index (χ1) is 9.73. The summed E-state index contributed by atoms with van der Waals surface area (Å²) in [5, 5.41) is 5.22. The van der Waals surface area contributed by atoms with Crippen LogP contribution in [0, 0.1) is 11.6 Å². The molecule has 1 atom stereocenters. The summed E-state index contributed by atoms with van der Waals surface area (Å²) in [7, 11) is 1.39. The number of hydrogen-bond donors (Lipinski definition) is 2. The summed E-state index contributed by atoms with van der Waals surface area (Å²) < 4.78 is 62.5.